The third kappa shape index (κ3) is 4.54. The molecule has 3 aromatic heterocycles. The lowest BCUT2D eigenvalue weighted by Crippen LogP contribution is -2.40. The van der Waals surface area contributed by atoms with Crippen LogP contribution in [0.25, 0.3) is 32.7 Å². The quantitative estimate of drug-likeness (QED) is 0.164. The van der Waals surface area contributed by atoms with E-state index in [4.69, 9.17) is 10.5 Å². The van der Waals surface area contributed by atoms with E-state index in [0.717, 1.165) is 32.8 Å². The van der Waals surface area contributed by atoms with Crippen LogP contribution in [-0.2, 0) is 11.2 Å². The summed E-state index contributed by atoms with van der Waals surface area (Å²) in [4.78, 5) is 52.6. The van der Waals surface area contributed by atoms with E-state index in [2.05, 4.69) is 20.3 Å². The number of benzene rings is 3. The molecule has 3 aromatic carbocycles. The predicted octanol–water partition coefficient (Wildman–Crippen LogP) is 4.35. The Morgan fingerprint density at radius 3 is 2.33 bits per heavy atom. The van der Waals surface area contributed by atoms with E-state index in [1.54, 1.807) is 58.3 Å². The van der Waals surface area contributed by atoms with Crippen molar-refractivity contribution in [1.29, 1.82) is 0 Å². The first-order valence-corrected chi connectivity index (χ1v) is 14.7. The zero-order valence-corrected chi connectivity index (χ0v) is 24.1. The minimum atomic E-state index is -0.296. The molecule has 0 bridgehead atoms. The topological polar surface area (TPSA) is 173 Å². The van der Waals surface area contributed by atoms with E-state index >= 15 is 0 Å². The van der Waals surface area contributed by atoms with E-state index in [1.807, 2.05) is 12.1 Å². The number of aromatic nitrogens is 3. The molecule has 8 rings (SSSR count). The third-order valence-corrected chi connectivity index (χ3v) is 8.63. The fraction of sp³-hybridized carbons (Fsp3) is 0.182. The second-order valence-electron chi connectivity index (χ2n) is 11.4. The highest BCUT2D eigenvalue weighted by Crippen LogP contribution is 2.40. The number of hydrogen-bond donors (Lipinski definition) is 6. The van der Waals surface area contributed by atoms with Gasteiger partial charge in [-0.25, -0.2) is 0 Å². The van der Waals surface area contributed by atoms with Crippen molar-refractivity contribution in [3.8, 4) is 5.75 Å². The van der Waals surface area contributed by atoms with Crippen LogP contribution < -0.4 is 16.0 Å². The van der Waals surface area contributed by atoms with Crippen LogP contribution in [0.2, 0.25) is 0 Å². The standard InChI is InChI=1S/C33H29N7O5/c34-19-1-3-23-17(11-19)13-25(36-23)31(42)35-20-2-4-24-18(12-20)14-26(37-24)33(44)40-6-5-21-22-15-27(32(43)39-7-9-45-10-8-39)38-30(22)29(41)16-28(21)40/h1-4,11-16,36-38,41H,5-10,34H2,(H,35,42). The second kappa shape index (κ2) is 10.2. The predicted molar refractivity (Wildman–Crippen MR) is 171 cm³/mol. The number of nitrogen functional groups attached to an aromatic ring is 1. The van der Waals surface area contributed by atoms with E-state index in [0.29, 0.717) is 78.9 Å². The highest BCUT2D eigenvalue weighted by atomic mass is 16.5. The lowest BCUT2D eigenvalue weighted by atomic mass is 10.1. The maximum atomic E-state index is 13.8. The fourth-order valence-corrected chi connectivity index (χ4v) is 6.37. The maximum absolute atomic E-state index is 13.8. The number of amides is 3. The van der Waals surface area contributed by atoms with Crippen molar-refractivity contribution < 1.29 is 24.2 Å². The number of nitrogens with one attached hydrogen (secondary N) is 4. The van der Waals surface area contributed by atoms with Gasteiger partial charge in [0.1, 0.15) is 22.8 Å². The van der Waals surface area contributed by atoms with Crippen molar-refractivity contribution in [1.82, 2.24) is 19.9 Å². The van der Waals surface area contributed by atoms with Gasteiger partial charge in [0.05, 0.1) is 24.4 Å². The first-order valence-electron chi connectivity index (χ1n) is 14.7. The Bertz CT molecular complexity index is 2190. The number of carbonyl (C=O) groups is 3. The number of nitrogens with two attached hydrogens (primary N) is 1. The highest BCUT2D eigenvalue weighted by molar-refractivity contribution is 6.12. The number of nitrogens with zero attached hydrogens (tertiary/aromatic N) is 2. The molecule has 0 aliphatic carbocycles. The van der Waals surface area contributed by atoms with E-state index < -0.39 is 0 Å². The number of morpholine rings is 1. The number of H-pyrrole nitrogens is 3. The molecular weight excluding hydrogens is 574 g/mol. The first-order chi connectivity index (χ1) is 21.8. The van der Waals surface area contributed by atoms with Gasteiger partial charge in [-0.2, -0.15) is 0 Å². The number of aromatic amines is 3. The van der Waals surface area contributed by atoms with Crippen LogP contribution in [0.5, 0.6) is 5.75 Å². The van der Waals surface area contributed by atoms with Crippen molar-refractivity contribution in [3.63, 3.8) is 0 Å². The molecule has 2 aliphatic heterocycles. The van der Waals surface area contributed by atoms with E-state index in [1.165, 1.54) is 0 Å². The minimum Gasteiger partial charge on any atom is -0.506 e. The van der Waals surface area contributed by atoms with Crippen molar-refractivity contribution in [2.75, 3.05) is 48.8 Å². The summed E-state index contributed by atoms with van der Waals surface area (Å²) in [6.45, 7) is 2.44. The Morgan fingerprint density at radius 1 is 0.800 bits per heavy atom. The van der Waals surface area contributed by atoms with Crippen LogP contribution in [0.15, 0.2) is 60.7 Å². The molecule has 1 fully saturated rings. The molecule has 0 spiro atoms. The molecule has 3 amide bonds. The van der Waals surface area contributed by atoms with Crippen LogP contribution in [0.1, 0.15) is 37.0 Å². The van der Waals surface area contributed by atoms with Gasteiger partial charge in [0.25, 0.3) is 17.7 Å². The summed E-state index contributed by atoms with van der Waals surface area (Å²) in [7, 11) is 0. The largest absolute Gasteiger partial charge is 0.506 e. The van der Waals surface area contributed by atoms with Crippen LogP contribution in [0, 0.1) is 0 Å². The Labute approximate surface area is 255 Å². The molecule has 6 aromatic rings. The van der Waals surface area contributed by atoms with E-state index in [-0.39, 0.29) is 23.5 Å². The van der Waals surface area contributed by atoms with Crippen molar-refractivity contribution >= 4 is 67.5 Å². The van der Waals surface area contributed by atoms with Crippen LogP contribution in [-0.4, -0.2) is 75.5 Å². The molecule has 0 atom stereocenters. The zero-order chi connectivity index (χ0) is 30.8. The number of carbonyl (C=O) groups excluding carboxylic acids is 3. The monoisotopic (exact) mass is 603 g/mol. The normalized spacial score (nSPS) is 14.8. The van der Waals surface area contributed by atoms with Crippen LogP contribution in [0.4, 0.5) is 17.1 Å². The number of rotatable bonds is 4. The molecule has 2 aliphatic rings. The molecular formula is C33H29N7O5. The van der Waals surface area contributed by atoms with Gasteiger partial charge in [-0.3, -0.25) is 14.4 Å². The van der Waals surface area contributed by atoms with Crippen molar-refractivity contribution in [3.05, 3.63) is 83.3 Å². The molecule has 0 saturated carbocycles. The molecule has 45 heavy (non-hydrogen) atoms. The van der Waals surface area contributed by atoms with Gasteiger partial charge < -0.3 is 45.6 Å². The number of aromatic hydroxyl groups is 1. The molecule has 12 nitrogen and oxygen atoms in total. The number of fused-ring (bicyclic) bond motifs is 5. The molecule has 0 radical (unpaired) electrons. The van der Waals surface area contributed by atoms with Gasteiger partial charge in [0.15, 0.2) is 0 Å². The van der Waals surface area contributed by atoms with E-state index in [9.17, 15) is 19.5 Å². The molecule has 0 unspecified atom stereocenters. The van der Waals surface area contributed by atoms with Gasteiger partial charge in [0, 0.05) is 64.3 Å². The summed E-state index contributed by atoms with van der Waals surface area (Å²) in [5.41, 5.74) is 11.8. The number of phenolic OH excluding ortho intramolecular Hbond substituents is 1. The summed E-state index contributed by atoms with van der Waals surface area (Å²) < 4.78 is 5.36. The molecule has 226 valence electrons. The Morgan fingerprint density at radius 2 is 1.51 bits per heavy atom. The summed E-state index contributed by atoms with van der Waals surface area (Å²) >= 11 is 0. The molecule has 7 N–H and O–H groups in total. The first kappa shape index (κ1) is 26.8. The Balaban J connectivity index is 1.04. The molecule has 5 heterocycles. The lowest BCUT2D eigenvalue weighted by molar-refractivity contribution is 0.0299. The lowest BCUT2D eigenvalue weighted by Gasteiger charge is -2.26. The Hall–Kier alpha value is -5.75. The number of phenols is 1. The van der Waals surface area contributed by atoms with Gasteiger partial charge >= 0.3 is 0 Å². The summed E-state index contributed by atoms with van der Waals surface area (Å²) in [6.07, 6.45) is 0.581. The van der Waals surface area contributed by atoms with Gasteiger partial charge in [-0.15, -0.1) is 0 Å². The average Bonchev–Trinajstić information content (AvgIpc) is 3.84. The number of anilines is 3. The van der Waals surface area contributed by atoms with Gasteiger partial charge in [-0.1, -0.05) is 0 Å². The van der Waals surface area contributed by atoms with Crippen molar-refractivity contribution in [2.24, 2.45) is 0 Å². The SMILES string of the molecule is Nc1ccc2[nH]c(C(=O)Nc3ccc4[nH]c(C(=O)N5CCc6c5cc(O)c5[nH]c(C(=O)N7CCOCC7)cc65)cc4c3)cc2c1. The Kier molecular flexibility index (Phi) is 6.07. The maximum Gasteiger partial charge on any atom is 0.274 e. The van der Waals surface area contributed by atoms with Gasteiger partial charge in [-0.05, 0) is 66.6 Å². The average molecular weight is 604 g/mol. The summed E-state index contributed by atoms with van der Waals surface area (Å²) in [5, 5.41) is 16.1. The minimum absolute atomic E-state index is 0.0278. The fourth-order valence-electron chi connectivity index (χ4n) is 6.37. The smallest absolute Gasteiger partial charge is 0.274 e. The summed E-state index contributed by atoms with van der Waals surface area (Å²) in [6, 6.07) is 17.7. The number of ether oxygens (including phenoxy) is 1. The van der Waals surface area contributed by atoms with Crippen LogP contribution >= 0.6 is 0 Å². The zero-order valence-electron chi connectivity index (χ0n) is 24.1. The van der Waals surface area contributed by atoms with Gasteiger partial charge in [0.2, 0.25) is 0 Å². The number of hydrogen-bond acceptors (Lipinski definition) is 6. The highest BCUT2D eigenvalue weighted by Gasteiger charge is 2.31. The van der Waals surface area contributed by atoms with Crippen molar-refractivity contribution in [2.45, 2.75) is 6.42 Å². The molecule has 12 heteroatoms. The summed E-state index contributed by atoms with van der Waals surface area (Å²) in [5.74, 6) is -0.712. The second-order valence-corrected chi connectivity index (χ2v) is 11.4. The molecule has 1 saturated heterocycles. The third-order valence-electron chi connectivity index (χ3n) is 8.63. The van der Waals surface area contributed by atoms with Crippen LogP contribution in [0.3, 0.4) is 0 Å².